The minimum atomic E-state index is -1.23. The molecule has 7 heteroatoms. The molecule has 236 valence electrons. The summed E-state index contributed by atoms with van der Waals surface area (Å²) in [5, 5.41) is 19.9. The zero-order chi connectivity index (χ0) is 33.6. The number of nitrogens with one attached hydrogen (secondary N) is 1. The Labute approximate surface area is 282 Å². The van der Waals surface area contributed by atoms with Gasteiger partial charge in [-0.2, -0.15) is 0 Å². The van der Waals surface area contributed by atoms with Crippen molar-refractivity contribution >= 4 is 57.5 Å². The van der Waals surface area contributed by atoms with Crippen LogP contribution in [0.1, 0.15) is 60.3 Å². The highest BCUT2D eigenvalue weighted by Gasteiger charge is 2.20. The van der Waals surface area contributed by atoms with Crippen LogP contribution in [0.2, 0.25) is 5.02 Å². The average Bonchev–Trinajstić information content (AvgIpc) is 3.52. The Morgan fingerprint density at radius 3 is 2.17 bits per heavy atom. The normalized spacial score (nSPS) is 11.7. The van der Waals surface area contributed by atoms with Gasteiger partial charge in [-0.1, -0.05) is 115 Å². The number of H-pyrrole nitrogens is 1. The second kappa shape index (κ2) is 14.2. The van der Waals surface area contributed by atoms with Gasteiger partial charge in [0.1, 0.15) is 0 Å². The molecule has 1 unspecified atom stereocenters. The van der Waals surface area contributed by atoms with Gasteiger partial charge >= 0.3 is 11.9 Å². The molecule has 0 saturated heterocycles. The fraction of sp³-hybridized carbons (Fsp3) is 0.0488. The minimum Gasteiger partial charge on any atom is -0.478 e. The topological polar surface area (TPSA) is 103 Å². The quantitative estimate of drug-likeness (QED) is 0.159. The van der Waals surface area contributed by atoms with Crippen LogP contribution < -0.4 is 0 Å². The van der Waals surface area contributed by atoms with Gasteiger partial charge < -0.3 is 15.2 Å². The van der Waals surface area contributed by atoms with Crippen molar-refractivity contribution in [3.8, 4) is 0 Å². The lowest BCUT2D eigenvalue weighted by Crippen LogP contribution is -2.07. The second-order valence-electron chi connectivity index (χ2n) is 11.3. The molecule has 0 aliphatic carbocycles. The number of carboxylic acid groups (broad SMARTS) is 2. The number of fused-ring (bicyclic) bond motifs is 2. The van der Waals surface area contributed by atoms with Crippen molar-refractivity contribution in [1.82, 2.24) is 9.97 Å². The average molecular weight is 651 g/mol. The van der Waals surface area contributed by atoms with Crippen molar-refractivity contribution < 1.29 is 19.8 Å². The molecule has 48 heavy (non-hydrogen) atoms. The summed E-state index contributed by atoms with van der Waals surface area (Å²) in [5.74, 6) is -2.27. The molecule has 0 amide bonds. The Hall–Kier alpha value is -5.98. The smallest absolute Gasteiger partial charge is 0.337 e. The van der Waals surface area contributed by atoms with Crippen LogP contribution in [-0.2, 0) is 0 Å². The van der Waals surface area contributed by atoms with Gasteiger partial charge in [-0.05, 0) is 77.0 Å². The van der Waals surface area contributed by atoms with Gasteiger partial charge in [0.25, 0.3) is 0 Å². The van der Waals surface area contributed by atoms with Crippen molar-refractivity contribution in [2.24, 2.45) is 0 Å². The molecule has 0 bridgehead atoms. The third-order valence-corrected chi connectivity index (χ3v) is 8.48. The summed E-state index contributed by atoms with van der Waals surface area (Å²) >= 11 is 5.63. The zero-order valence-electron chi connectivity index (χ0n) is 26.0. The first-order valence-electron chi connectivity index (χ1n) is 15.3. The fourth-order valence-electron chi connectivity index (χ4n) is 5.82. The molecule has 1 atom stereocenters. The summed E-state index contributed by atoms with van der Waals surface area (Å²) < 4.78 is 0. The molecule has 0 fully saturated rings. The van der Waals surface area contributed by atoms with E-state index in [2.05, 4.69) is 126 Å². The van der Waals surface area contributed by atoms with Crippen LogP contribution in [-0.4, -0.2) is 32.1 Å². The number of nitrogens with zero attached hydrogens (tertiary/aromatic N) is 1. The maximum atomic E-state index is 10.7. The van der Waals surface area contributed by atoms with E-state index in [1.165, 1.54) is 41.3 Å². The first-order valence-corrected chi connectivity index (χ1v) is 15.7. The summed E-state index contributed by atoms with van der Waals surface area (Å²) in [4.78, 5) is 29.8. The highest BCUT2D eigenvalue weighted by molar-refractivity contribution is 6.34. The van der Waals surface area contributed by atoms with Gasteiger partial charge in [-0.25, -0.2) is 14.6 Å². The molecule has 2 aromatic heterocycles. The molecule has 5 aromatic carbocycles. The third-order valence-electron chi connectivity index (χ3n) is 8.16. The van der Waals surface area contributed by atoms with Crippen LogP contribution in [0.4, 0.5) is 0 Å². The van der Waals surface area contributed by atoms with Crippen LogP contribution in [0.5, 0.6) is 0 Å². The number of carbonyl (C=O) groups is 2. The number of hydrogen-bond acceptors (Lipinski definition) is 3. The highest BCUT2D eigenvalue weighted by Crippen LogP contribution is 2.34. The van der Waals surface area contributed by atoms with E-state index in [0.717, 1.165) is 27.7 Å². The number of para-hydroxylation sites is 2. The highest BCUT2D eigenvalue weighted by atomic mass is 35.5. The molecular weight excluding hydrogens is 620 g/mol. The Morgan fingerprint density at radius 1 is 0.708 bits per heavy atom. The lowest BCUT2D eigenvalue weighted by molar-refractivity contribution is 0.0696. The maximum Gasteiger partial charge on any atom is 0.337 e. The van der Waals surface area contributed by atoms with E-state index in [-0.39, 0.29) is 27.6 Å². The molecule has 2 heterocycles. The van der Waals surface area contributed by atoms with E-state index in [1.807, 2.05) is 12.1 Å². The number of halogens is 1. The SMILES string of the molecule is C(=C\c1ccc2ccccc2n1)/c1cccc(C(c2ccccc2)c2cc3ccccc3[nH]2)c1.Cc1c(C(=O)O)ccc(Cl)c1C(=O)O. The largest absolute Gasteiger partial charge is 0.478 e. The molecule has 0 spiro atoms. The van der Waals surface area contributed by atoms with Crippen molar-refractivity contribution in [2.75, 3.05) is 0 Å². The maximum absolute atomic E-state index is 10.7. The first kappa shape index (κ1) is 32.0. The summed E-state index contributed by atoms with van der Waals surface area (Å²) in [6.45, 7) is 1.42. The van der Waals surface area contributed by atoms with E-state index in [4.69, 9.17) is 26.8 Å². The number of aromatic carboxylic acids is 2. The van der Waals surface area contributed by atoms with Crippen LogP contribution >= 0.6 is 11.6 Å². The van der Waals surface area contributed by atoms with E-state index in [0.29, 0.717) is 0 Å². The summed E-state index contributed by atoms with van der Waals surface area (Å²) in [7, 11) is 0. The number of pyridine rings is 1. The number of hydrogen-bond donors (Lipinski definition) is 3. The second-order valence-corrected chi connectivity index (χ2v) is 11.7. The van der Waals surface area contributed by atoms with E-state index < -0.39 is 11.9 Å². The van der Waals surface area contributed by atoms with Gasteiger partial charge in [0.15, 0.2) is 0 Å². The Bertz CT molecular complexity index is 2260. The molecule has 0 radical (unpaired) electrons. The standard InChI is InChI=1S/C32H24N2.C9H7ClO4/c1-2-11-25(12-3-1)32(31-22-26-13-5-7-16-30(26)34-31)27-14-8-9-23(21-27)17-19-28-20-18-24-10-4-6-15-29(24)33-28;1-4-5(8(11)12)2-3-6(10)7(4)9(13)14/h1-22,32,34H;2-3H,1H3,(H,11,12)(H,13,14)/b19-17+;. The van der Waals surface area contributed by atoms with Gasteiger partial charge in [0.2, 0.25) is 0 Å². The van der Waals surface area contributed by atoms with Crippen molar-refractivity contribution in [3.63, 3.8) is 0 Å². The molecule has 7 aromatic rings. The zero-order valence-corrected chi connectivity index (χ0v) is 26.7. The number of benzene rings is 5. The number of rotatable bonds is 7. The van der Waals surface area contributed by atoms with Gasteiger partial charge in [0.05, 0.1) is 27.4 Å². The van der Waals surface area contributed by atoms with Crippen LogP contribution in [0.25, 0.3) is 34.0 Å². The molecule has 0 aliphatic rings. The van der Waals surface area contributed by atoms with Gasteiger partial charge in [0, 0.05) is 22.5 Å². The minimum absolute atomic E-state index is 0.0417. The lowest BCUT2D eigenvalue weighted by atomic mass is 9.87. The Morgan fingerprint density at radius 2 is 1.42 bits per heavy atom. The van der Waals surface area contributed by atoms with Crippen molar-refractivity contribution in [1.29, 1.82) is 0 Å². The van der Waals surface area contributed by atoms with Crippen molar-refractivity contribution in [3.05, 3.63) is 183 Å². The van der Waals surface area contributed by atoms with E-state index >= 15 is 0 Å². The van der Waals surface area contributed by atoms with E-state index in [1.54, 1.807) is 0 Å². The molecule has 6 nitrogen and oxygen atoms in total. The van der Waals surface area contributed by atoms with Crippen LogP contribution in [0.15, 0.2) is 133 Å². The predicted molar refractivity (Wildman–Crippen MR) is 193 cm³/mol. The molecule has 3 N–H and O–H groups in total. The monoisotopic (exact) mass is 650 g/mol. The Balaban J connectivity index is 0.000000242. The number of aromatic amines is 1. The summed E-state index contributed by atoms with van der Waals surface area (Å²) in [6, 6.07) is 45.2. The number of aromatic nitrogens is 2. The molecule has 0 saturated carbocycles. The van der Waals surface area contributed by atoms with E-state index in [9.17, 15) is 9.59 Å². The third kappa shape index (κ3) is 7.04. The lowest BCUT2D eigenvalue weighted by Gasteiger charge is -2.17. The van der Waals surface area contributed by atoms with Gasteiger partial charge in [-0.15, -0.1) is 0 Å². The summed E-state index contributed by atoms with van der Waals surface area (Å²) in [5.41, 5.74) is 7.97. The predicted octanol–water partition coefficient (Wildman–Crippen LogP) is 10.1. The number of carboxylic acids is 2. The molecular formula is C41H31ClN2O4. The first-order chi connectivity index (χ1) is 23.3. The van der Waals surface area contributed by atoms with Crippen LogP contribution in [0.3, 0.4) is 0 Å². The van der Waals surface area contributed by atoms with Crippen molar-refractivity contribution in [2.45, 2.75) is 12.8 Å². The summed E-state index contributed by atoms with van der Waals surface area (Å²) in [6.07, 6.45) is 4.24. The fourth-order valence-corrected chi connectivity index (χ4v) is 6.11. The Kier molecular flexibility index (Phi) is 9.46. The molecule has 7 rings (SSSR count). The van der Waals surface area contributed by atoms with Gasteiger partial charge in [-0.3, -0.25) is 0 Å². The van der Waals surface area contributed by atoms with Crippen LogP contribution in [0, 0.1) is 6.92 Å². The molecule has 0 aliphatic heterocycles.